The van der Waals surface area contributed by atoms with Crippen molar-refractivity contribution in [3.05, 3.63) is 47.5 Å². The highest BCUT2D eigenvalue weighted by Gasteiger charge is 2.16. The molecule has 2 aromatic rings. The predicted molar refractivity (Wildman–Crippen MR) is 72.4 cm³/mol. The van der Waals surface area contributed by atoms with E-state index in [1.807, 2.05) is 32.4 Å². The van der Waals surface area contributed by atoms with E-state index in [1.54, 1.807) is 0 Å². The lowest BCUT2D eigenvalue weighted by atomic mass is 10.1. The molecule has 18 heavy (non-hydrogen) atoms. The monoisotopic (exact) mass is 244 g/mol. The standard InChI is InChI=1S/C14H20N4/c1-4-9-18-13(7-8-17-18)14(15-3)12-6-5-11(2)16-10-12/h5-8,10,14-15H,4,9H2,1-3H3. The molecule has 4 nitrogen and oxygen atoms in total. The van der Waals surface area contributed by atoms with Crippen molar-refractivity contribution in [1.29, 1.82) is 0 Å². The van der Waals surface area contributed by atoms with Gasteiger partial charge in [-0.1, -0.05) is 13.0 Å². The molecule has 2 heterocycles. The molecule has 96 valence electrons. The van der Waals surface area contributed by atoms with Gasteiger partial charge in [-0.2, -0.15) is 5.10 Å². The Labute approximate surface area is 108 Å². The fourth-order valence-electron chi connectivity index (χ4n) is 2.12. The molecule has 1 atom stereocenters. The zero-order valence-corrected chi connectivity index (χ0v) is 11.2. The van der Waals surface area contributed by atoms with Crippen LogP contribution in [0.4, 0.5) is 0 Å². The van der Waals surface area contributed by atoms with Crippen LogP contribution in [0.15, 0.2) is 30.6 Å². The molecule has 0 aliphatic heterocycles. The Kier molecular flexibility index (Phi) is 4.10. The van der Waals surface area contributed by atoms with Gasteiger partial charge in [0.2, 0.25) is 0 Å². The number of aryl methyl sites for hydroxylation is 2. The Morgan fingerprint density at radius 2 is 2.17 bits per heavy atom. The van der Waals surface area contributed by atoms with E-state index in [0.717, 1.165) is 18.7 Å². The first kappa shape index (κ1) is 12.8. The largest absolute Gasteiger partial charge is 0.308 e. The maximum Gasteiger partial charge on any atom is 0.0760 e. The summed E-state index contributed by atoms with van der Waals surface area (Å²) in [6, 6.07) is 6.37. The highest BCUT2D eigenvalue weighted by Crippen LogP contribution is 2.21. The van der Waals surface area contributed by atoms with Crippen LogP contribution in [0.3, 0.4) is 0 Å². The van der Waals surface area contributed by atoms with E-state index in [9.17, 15) is 0 Å². The Morgan fingerprint density at radius 3 is 2.78 bits per heavy atom. The summed E-state index contributed by atoms with van der Waals surface area (Å²) in [5, 5.41) is 7.71. The molecule has 1 N–H and O–H groups in total. The van der Waals surface area contributed by atoms with Crippen LogP contribution >= 0.6 is 0 Å². The van der Waals surface area contributed by atoms with Gasteiger partial charge in [0.05, 0.1) is 11.7 Å². The van der Waals surface area contributed by atoms with Gasteiger partial charge in [0.15, 0.2) is 0 Å². The number of hydrogen-bond donors (Lipinski definition) is 1. The number of rotatable bonds is 5. The average molecular weight is 244 g/mol. The SMILES string of the molecule is CCCn1nccc1C(NC)c1ccc(C)nc1. The third-order valence-corrected chi connectivity index (χ3v) is 3.04. The van der Waals surface area contributed by atoms with E-state index < -0.39 is 0 Å². The molecule has 0 aliphatic rings. The summed E-state index contributed by atoms with van der Waals surface area (Å²) >= 11 is 0. The van der Waals surface area contributed by atoms with E-state index in [1.165, 1.54) is 11.3 Å². The first-order valence-corrected chi connectivity index (χ1v) is 6.37. The predicted octanol–water partition coefficient (Wildman–Crippen LogP) is 2.31. The van der Waals surface area contributed by atoms with Crippen LogP contribution in [0.5, 0.6) is 0 Å². The van der Waals surface area contributed by atoms with Gasteiger partial charge in [-0.05, 0) is 38.1 Å². The van der Waals surface area contributed by atoms with Crippen molar-refractivity contribution in [2.45, 2.75) is 32.9 Å². The van der Waals surface area contributed by atoms with Crippen molar-refractivity contribution < 1.29 is 0 Å². The molecular weight excluding hydrogens is 224 g/mol. The number of pyridine rings is 1. The van der Waals surface area contributed by atoms with Crippen LogP contribution in [-0.4, -0.2) is 21.8 Å². The lowest BCUT2D eigenvalue weighted by Crippen LogP contribution is -2.21. The molecule has 4 heteroatoms. The molecular formula is C14H20N4. The molecule has 0 aliphatic carbocycles. The van der Waals surface area contributed by atoms with Gasteiger partial charge in [-0.3, -0.25) is 9.67 Å². The molecule has 0 amide bonds. The minimum Gasteiger partial charge on any atom is -0.308 e. The van der Waals surface area contributed by atoms with Crippen molar-refractivity contribution in [1.82, 2.24) is 20.1 Å². The fraction of sp³-hybridized carbons (Fsp3) is 0.429. The molecule has 0 saturated heterocycles. The summed E-state index contributed by atoms with van der Waals surface area (Å²) < 4.78 is 2.06. The van der Waals surface area contributed by atoms with E-state index in [-0.39, 0.29) is 6.04 Å². The summed E-state index contributed by atoms with van der Waals surface area (Å²) in [4.78, 5) is 4.36. The molecule has 2 rings (SSSR count). The zero-order valence-electron chi connectivity index (χ0n) is 11.2. The second-order valence-corrected chi connectivity index (χ2v) is 4.43. The maximum atomic E-state index is 4.37. The van der Waals surface area contributed by atoms with E-state index >= 15 is 0 Å². The fourth-order valence-corrected chi connectivity index (χ4v) is 2.12. The van der Waals surface area contributed by atoms with Gasteiger partial charge in [-0.15, -0.1) is 0 Å². The van der Waals surface area contributed by atoms with Crippen molar-refractivity contribution in [2.24, 2.45) is 0 Å². The second-order valence-electron chi connectivity index (χ2n) is 4.43. The molecule has 1 unspecified atom stereocenters. The lowest BCUT2D eigenvalue weighted by molar-refractivity contribution is 0.534. The van der Waals surface area contributed by atoms with Gasteiger partial charge in [0.25, 0.3) is 0 Å². The molecule has 0 spiro atoms. The highest BCUT2D eigenvalue weighted by atomic mass is 15.3. The van der Waals surface area contributed by atoms with Crippen LogP contribution in [0.25, 0.3) is 0 Å². The number of nitrogens with one attached hydrogen (secondary N) is 1. The first-order chi connectivity index (χ1) is 8.76. The van der Waals surface area contributed by atoms with E-state index in [4.69, 9.17) is 0 Å². The third kappa shape index (κ3) is 2.59. The summed E-state index contributed by atoms with van der Waals surface area (Å²) in [7, 11) is 1.97. The summed E-state index contributed by atoms with van der Waals surface area (Å²) in [6.07, 6.45) is 4.87. The molecule has 0 radical (unpaired) electrons. The van der Waals surface area contributed by atoms with Crippen LogP contribution in [-0.2, 0) is 6.54 Å². The van der Waals surface area contributed by atoms with Crippen molar-refractivity contribution in [2.75, 3.05) is 7.05 Å². The molecule has 0 bridgehead atoms. The minimum atomic E-state index is 0.146. The Hall–Kier alpha value is -1.68. The van der Waals surface area contributed by atoms with Gasteiger partial charge in [0, 0.05) is 24.6 Å². The molecule has 2 aromatic heterocycles. The van der Waals surface area contributed by atoms with E-state index in [2.05, 4.69) is 39.1 Å². The number of aromatic nitrogens is 3. The molecule has 0 aromatic carbocycles. The number of hydrogen-bond acceptors (Lipinski definition) is 3. The van der Waals surface area contributed by atoms with E-state index in [0.29, 0.717) is 0 Å². The van der Waals surface area contributed by atoms with Gasteiger partial charge < -0.3 is 5.32 Å². The topological polar surface area (TPSA) is 42.7 Å². The average Bonchev–Trinajstić information content (AvgIpc) is 2.82. The lowest BCUT2D eigenvalue weighted by Gasteiger charge is -2.18. The van der Waals surface area contributed by atoms with Crippen molar-refractivity contribution >= 4 is 0 Å². The first-order valence-electron chi connectivity index (χ1n) is 6.37. The highest BCUT2D eigenvalue weighted by molar-refractivity contribution is 5.26. The van der Waals surface area contributed by atoms with Crippen LogP contribution < -0.4 is 5.32 Å². The van der Waals surface area contributed by atoms with Crippen LogP contribution in [0.2, 0.25) is 0 Å². The van der Waals surface area contributed by atoms with Crippen molar-refractivity contribution in [3.8, 4) is 0 Å². The summed E-state index contributed by atoms with van der Waals surface area (Å²) in [5.41, 5.74) is 3.39. The van der Waals surface area contributed by atoms with Crippen molar-refractivity contribution in [3.63, 3.8) is 0 Å². The Balaban J connectivity index is 2.32. The van der Waals surface area contributed by atoms with Crippen LogP contribution in [0, 0.1) is 6.92 Å². The minimum absolute atomic E-state index is 0.146. The van der Waals surface area contributed by atoms with Gasteiger partial charge in [-0.25, -0.2) is 0 Å². The quantitative estimate of drug-likeness (QED) is 0.877. The molecule has 0 saturated carbocycles. The zero-order chi connectivity index (χ0) is 13.0. The summed E-state index contributed by atoms with van der Waals surface area (Å²) in [5.74, 6) is 0. The van der Waals surface area contributed by atoms with Gasteiger partial charge in [0.1, 0.15) is 0 Å². The third-order valence-electron chi connectivity index (χ3n) is 3.04. The summed E-state index contributed by atoms with van der Waals surface area (Å²) in [6.45, 7) is 5.10. The number of nitrogens with zero attached hydrogens (tertiary/aromatic N) is 3. The molecule has 0 fully saturated rings. The maximum absolute atomic E-state index is 4.37. The van der Waals surface area contributed by atoms with Crippen LogP contribution in [0.1, 0.15) is 36.3 Å². The second kappa shape index (κ2) is 5.78. The Morgan fingerprint density at radius 1 is 1.33 bits per heavy atom. The Bertz CT molecular complexity index is 487. The normalized spacial score (nSPS) is 12.6. The smallest absolute Gasteiger partial charge is 0.0760 e. The van der Waals surface area contributed by atoms with Gasteiger partial charge >= 0.3 is 0 Å².